The van der Waals surface area contributed by atoms with Crippen LogP contribution in [-0.4, -0.2) is 34.8 Å². The molecule has 3 aromatic rings. The Balaban J connectivity index is 1.86. The number of methoxy groups -OCH3 is 1. The van der Waals surface area contributed by atoms with Gasteiger partial charge in [0.05, 0.1) is 23.3 Å². The summed E-state index contributed by atoms with van der Waals surface area (Å²) >= 11 is 0. The Bertz CT molecular complexity index is 1230. The van der Waals surface area contributed by atoms with Crippen LogP contribution in [-0.2, 0) is 10.0 Å². The highest BCUT2D eigenvalue weighted by Crippen LogP contribution is 2.29. The Morgan fingerprint density at radius 1 is 0.909 bits per heavy atom. The van der Waals surface area contributed by atoms with Crippen LogP contribution in [0.25, 0.3) is 0 Å². The average Bonchev–Trinajstić information content (AvgIpc) is 2.78. The summed E-state index contributed by atoms with van der Waals surface area (Å²) in [5, 5.41) is 2.69. The summed E-state index contributed by atoms with van der Waals surface area (Å²) in [4.78, 5) is 12.6. The van der Waals surface area contributed by atoms with Gasteiger partial charge in [0.1, 0.15) is 11.5 Å². The van der Waals surface area contributed by atoms with E-state index >= 15 is 0 Å². The second-order valence-corrected chi connectivity index (χ2v) is 8.66. The molecule has 0 spiro atoms. The average molecular weight is 480 g/mol. The Kier molecular flexibility index (Phi) is 6.82. The van der Waals surface area contributed by atoms with Crippen LogP contribution in [0.2, 0.25) is 0 Å². The number of sulfonamides is 1. The fourth-order valence-electron chi connectivity index (χ4n) is 2.91. The standard InChI is InChI=1S/C22H19F3N2O5S/c1-27(33(29,30)18-13-11-17(12-14-18)32-22(23,24)25)20-6-4-3-5-19(20)21(28)26-15-7-9-16(31-2)10-8-15/h3-14H,1-2H3,(H,26,28). The van der Waals surface area contributed by atoms with E-state index in [0.717, 1.165) is 28.6 Å². The first-order chi connectivity index (χ1) is 15.5. The minimum atomic E-state index is -4.90. The van der Waals surface area contributed by atoms with Crippen molar-refractivity contribution in [2.24, 2.45) is 0 Å². The van der Waals surface area contributed by atoms with Crippen molar-refractivity contribution in [1.82, 2.24) is 0 Å². The number of carbonyl (C=O) groups is 1. The second kappa shape index (κ2) is 9.41. The predicted octanol–water partition coefficient (Wildman–Crippen LogP) is 4.67. The molecule has 174 valence electrons. The molecule has 0 aliphatic carbocycles. The summed E-state index contributed by atoms with van der Waals surface area (Å²) in [6.07, 6.45) is -4.90. The maximum atomic E-state index is 13.1. The van der Waals surface area contributed by atoms with E-state index in [1.165, 1.54) is 26.3 Å². The van der Waals surface area contributed by atoms with E-state index < -0.39 is 28.0 Å². The smallest absolute Gasteiger partial charge is 0.497 e. The zero-order valence-electron chi connectivity index (χ0n) is 17.5. The molecular weight excluding hydrogens is 461 g/mol. The van der Waals surface area contributed by atoms with E-state index in [4.69, 9.17) is 4.74 Å². The molecule has 3 rings (SSSR count). The van der Waals surface area contributed by atoms with Crippen molar-refractivity contribution in [1.29, 1.82) is 0 Å². The highest BCUT2D eigenvalue weighted by molar-refractivity contribution is 7.92. The number of ether oxygens (including phenoxy) is 2. The van der Waals surface area contributed by atoms with Crippen LogP contribution >= 0.6 is 0 Å². The summed E-state index contributed by atoms with van der Waals surface area (Å²) in [7, 11) is -1.43. The fraction of sp³-hybridized carbons (Fsp3) is 0.136. The lowest BCUT2D eigenvalue weighted by atomic mass is 10.1. The van der Waals surface area contributed by atoms with E-state index in [9.17, 15) is 26.4 Å². The van der Waals surface area contributed by atoms with Crippen molar-refractivity contribution < 1.29 is 35.9 Å². The number of nitrogens with zero attached hydrogens (tertiary/aromatic N) is 1. The maximum Gasteiger partial charge on any atom is 0.573 e. The number of nitrogens with one attached hydrogen (secondary N) is 1. The minimum Gasteiger partial charge on any atom is -0.497 e. The lowest BCUT2D eigenvalue weighted by molar-refractivity contribution is -0.274. The lowest BCUT2D eigenvalue weighted by Crippen LogP contribution is -2.29. The van der Waals surface area contributed by atoms with Gasteiger partial charge in [0.2, 0.25) is 0 Å². The number of carbonyl (C=O) groups excluding carboxylic acids is 1. The summed E-state index contributed by atoms with van der Waals surface area (Å²) in [5.41, 5.74) is 0.636. The van der Waals surface area contributed by atoms with Gasteiger partial charge in [-0.2, -0.15) is 0 Å². The summed E-state index contributed by atoms with van der Waals surface area (Å²) < 4.78 is 72.9. The van der Waals surface area contributed by atoms with E-state index in [-0.39, 0.29) is 16.1 Å². The van der Waals surface area contributed by atoms with Crippen molar-refractivity contribution in [2.45, 2.75) is 11.3 Å². The van der Waals surface area contributed by atoms with Gasteiger partial charge < -0.3 is 14.8 Å². The number of rotatable bonds is 7. The highest BCUT2D eigenvalue weighted by atomic mass is 32.2. The molecule has 0 radical (unpaired) electrons. The largest absolute Gasteiger partial charge is 0.573 e. The SMILES string of the molecule is COc1ccc(NC(=O)c2ccccc2N(C)S(=O)(=O)c2ccc(OC(F)(F)F)cc2)cc1. The number of anilines is 2. The fourth-order valence-corrected chi connectivity index (χ4v) is 4.13. The van der Waals surface area contributed by atoms with Gasteiger partial charge >= 0.3 is 6.36 Å². The number of benzene rings is 3. The molecule has 0 saturated heterocycles. The lowest BCUT2D eigenvalue weighted by Gasteiger charge is -2.22. The molecular formula is C22H19F3N2O5S. The van der Waals surface area contributed by atoms with Gasteiger partial charge in [0.25, 0.3) is 15.9 Å². The third-order valence-electron chi connectivity index (χ3n) is 4.55. The number of alkyl halides is 3. The van der Waals surface area contributed by atoms with Crippen LogP contribution in [0, 0.1) is 0 Å². The number of hydrogen-bond donors (Lipinski definition) is 1. The van der Waals surface area contributed by atoms with Crippen molar-refractivity contribution in [3.05, 3.63) is 78.4 Å². The normalized spacial score (nSPS) is 11.5. The molecule has 0 bridgehead atoms. The Hall–Kier alpha value is -3.73. The van der Waals surface area contributed by atoms with Crippen LogP contribution in [0.4, 0.5) is 24.5 Å². The number of para-hydroxylation sites is 1. The molecule has 1 N–H and O–H groups in total. The monoisotopic (exact) mass is 480 g/mol. The zero-order chi connectivity index (χ0) is 24.2. The molecule has 0 fully saturated rings. The van der Waals surface area contributed by atoms with E-state index in [1.807, 2.05) is 0 Å². The third-order valence-corrected chi connectivity index (χ3v) is 6.34. The van der Waals surface area contributed by atoms with Crippen LogP contribution < -0.4 is 19.1 Å². The van der Waals surface area contributed by atoms with E-state index in [2.05, 4.69) is 10.1 Å². The first-order valence-electron chi connectivity index (χ1n) is 9.40. The molecule has 3 aromatic carbocycles. The van der Waals surface area contributed by atoms with Crippen molar-refractivity contribution >= 4 is 27.3 Å². The molecule has 0 heterocycles. The van der Waals surface area contributed by atoms with Crippen molar-refractivity contribution in [3.63, 3.8) is 0 Å². The molecule has 0 aromatic heterocycles. The Morgan fingerprint density at radius 3 is 2.06 bits per heavy atom. The second-order valence-electron chi connectivity index (χ2n) is 6.69. The van der Waals surface area contributed by atoms with Crippen molar-refractivity contribution in [2.75, 3.05) is 23.8 Å². The molecule has 0 aliphatic heterocycles. The van der Waals surface area contributed by atoms with E-state index in [0.29, 0.717) is 11.4 Å². The zero-order valence-corrected chi connectivity index (χ0v) is 18.3. The number of halogens is 3. The van der Waals surface area contributed by atoms with Crippen LogP contribution in [0.15, 0.2) is 77.7 Å². The van der Waals surface area contributed by atoms with Gasteiger partial charge in [0.15, 0.2) is 0 Å². The summed E-state index contributed by atoms with van der Waals surface area (Å²) in [5.74, 6) is -0.499. The minimum absolute atomic E-state index is 0.0800. The molecule has 1 amide bonds. The Morgan fingerprint density at radius 2 is 1.48 bits per heavy atom. The molecule has 0 unspecified atom stereocenters. The third kappa shape index (κ3) is 5.75. The number of amides is 1. The van der Waals surface area contributed by atoms with Crippen molar-refractivity contribution in [3.8, 4) is 11.5 Å². The van der Waals surface area contributed by atoms with Gasteiger partial charge in [-0.3, -0.25) is 9.10 Å². The van der Waals surface area contributed by atoms with Gasteiger partial charge in [0, 0.05) is 12.7 Å². The van der Waals surface area contributed by atoms with Gasteiger partial charge in [-0.15, -0.1) is 13.2 Å². The molecule has 11 heteroatoms. The first kappa shape index (κ1) is 23.9. The predicted molar refractivity (Wildman–Crippen MR) is 116 cm³/mol. The summed E-state index contributed by atoms with van der Waals surface area (Å²) in [6.45, 7) is 0. The quantitative estimate of drug-likeness (QED) is 0.531. The number of hydrogen-bond acceptors (Lipinski definition) is 5. The van der Waals surface area contributed by atoms with E-state index in [1.54, 1.807) is 36.4 Å². The maximum absolute atomic E-state index is 13.1. The molecule has 7 nitrogen and oxygen atoms in total. The molecule has 0 aliphatic rings. The summed E-state index contributed by atoms with van der Waals surface area (Å²) in [6, 6.07) is 16.4. The molecule has 0 saturated carbocycles. The van der Waals surface area contributed by atoms with Crippen LogP contribution in [0.1, 0.15) is 10.4 Å². The van der Waals surface area contributed by atoms with Gasteiger partial charge in [-0.1, -0.05) is 12.1 Å². The topological polar surface area (TPSA) is 84.9 Å². The van der Waals surface area contributed by atoms with Crippen LogP contribution in [0.3, 0.4) is 0 Å². The van der Waals surface area contributed by atoms with Gasteiger partial charge in [-0.05, 0) is 60.7 Å². The Labute approximate surface area is 188 Å². The highest BCUT2D eigenvalue weighted by Gasteiger charge is 2.31. The van der Waals surface area contributed by atoms with Crippen LogP contribution in [0.5, 0.6) is 11.5 Å². The van der Waals surface area contributed by atoms with Gasteiger partial charge in [-0.25, -0.2) is 8.42 Å². The molecule has 0 atom stereocenters. The molecule has 33 heavy (non-hydrogen) atoms. The first-order valence-corrected chi connectivity index (χ1v) is 10.8.